The number of hydrogen-bond acceptors (Lipinski definition) is 4. The molecule has 0 unspecified atom stereocenters. The molecule has 1 aromatic carbocycles. The second kappa shape index (κ2) is 4.52. The van der Waals surface area contributed by atoms with Crippen molar-refractivity contribution < 1.29 is 9.53 Å². The summed E-state index contributed by atoms with van der Waals surface area (Å²) in [5.41, 5.74) is 8.62. The monoisotopic (exact) mass is 248 g/mol. The van der Waals surface area contributed by atoms with Gasteiger partial charge in [-0.1, -0.05) is 12.1 Å². The molecule has 2 rings (SSSR count). The Morgan fingerprint density at radius 1 is 1.50 bits per heavy atom. The van der Waals surface area contributed by atoms with Gasteiger partial charge in [0.15, 0.2) is 0 Å². The maximum absolute atomic E-state index is 11.7. The van der Waals surface area contributed by atoms with E-state index in [2.05, 4.69) is 11.0 Å². The molecule has 0 amide bonds. The van der Waals surface area contributed by atoms with Gasteiger partial charge in [-0.25, -0.2) is 0 Å². The number of para-hydroxylation sites is 1. The summed E-state index contributed by atoms with van der Waals surface area (Å²) in [4.78, 5) is 13.9. The van der Waals surface area contributed by atoms with Crippen LogP contribution in [0.1, 0.15) is 19.4 Å². The van der Waals surface area contributed by atoms with E-state index in [1.54, 1.807) is 0 Å². The number of benzene rings is 1. The number of ether oxygens (including phenoxy) is 1. The van der Waals surface area contributed by atoms with Crippen molar-refractivity contribution in [2.24, 2.45) is 5.41 Å². The third-order valence-electron chi connectivity index (χ3n) is 3.44. The molecular formula is C14H20N2O2. The molecule has 4 nitrogen and oxygen atoms in total. The first kappa shape index (κ1) is 12.7. The highest BCUT2D eigenvalue weighted by molar-refractivity contribution is 5.79. The predicted molar refractivity (Wildman–Crippen MR) is 72.6 cm³/mol. The van der Waals surface area contributed by atoms with Gasteiger partial charge in [0, 0.05) is 13.1 Å². The van der Waals surface area contributed by atoms with Gasteiger partial charge in [-0.05, 0) is 31.9 Å². The van der Waals surface area contributed by atoms with Gasteiger partial charge in [-0.2, -0.15) is 0 Å². The Morgan fingerprint density at radius 2 is 2.22 bits per heavy atom. The third-order valence-corrected chi connectivity index (χ3v) is 3.44. The molecule has 0 saturated heterocycles. The maximum atomic E-state index is 11.7. The number of nitrogen functional groups attached to an aromatic ring is 1. The summed E-state index contributed by atoms with van der Waals surface area (Å²) in [6.45, 7) is 5.33. The molecule has 0 atom stereocenters. The number of anilines is 2. The lowest BCUT2D eigenvalue weighted by Gasteiger charge is -2.30. The van der Waals surface area contributed by atoms with E-state index in [1.807, 2.05) is 26.0 Å². The summed E-state index contributed by atoms with van der Waals surface area (Å²) < 4.78 is 4.85. The van der Waals surface area contributed by atoms with Gasteiger partial charge in [0.25, 0.3) is 0 Å². The minimum absolute atomic E-state index is 0.189. The SMILES string of the molecule is COC(=O)C(C)(C)CN1CCc2cccc(N)c21. The lowest BCUT2D eigenvalue weighted by Crippen LogP contribution is -2.39. The van der Waals surface area contributed by atoms with Crippen molar-refractivity contribution in [1.29, 1.82) is 0 Å². The summed E-state index contributed by atoms with van der Waals surface area (Å²) in [5.74, 6) is -0.189. The topological polar surface area (TPSA) is 55.6 Å². The van der Waals surface area contributed by atoms with Crippen molar-refractivity contribution in [3.8, 4) is 0 Å². The molecule has 0 saturated carbocycles. The fourth-order valence-electron chi connectivity index (χ4n) is 2.54. The van der Waals surface area contributed by atoms with Crippen LogP contribution in [0.5, 0.6) is 0 Å². The summed E-state index contributed by atoms with van der Waals surface area (Å²) in [6.07, 6.45) is 0.984. The quantitative estimate of drug-likeness (QED) is 0.655. The molecule has 98 valence electrons. The smallest absolute Gasteiger partial charge is 0.313 e. The number of fused-ring (bicyclic) bond motifs is 1. The first-order valence-electron chi connectivity index (χ1n) is 6.16. The van der Waals surface area contributed by atoms with Crippen LogP contribution in [0.25, 0.3) is 0 Å². The predicted octanol–water partition coefficient (Wildman–Crippen LogP) is 1.83. The molecule has 1 heterocycles. The number of nitrogens with two attached hydrogens (primary N) is 1. The van der Waals surface area contributed by atoms with Crippen LogP contribution in [-0.2, 0) is 16.0 Å². The molecule has 0 fully saturated rings. The van der Waals surface area contributed by atoms with E-state index in [9.17, 15) is 4.79 Å². The van der Waals surface area contributed by atoms with E-state index in [0.29, 0.717) is 6.54 Å². The Balaban J connectivity index is 2.22. The fraction of sp³-hybridized carbons (Fsp3) is 0.500. The van der Waals surface area contributed by atoms with E-state index >= 15 is 0 Å². The van der Waals surface area contributed by atoms with Crippen LogP contribution in [0.3, 0.4) is 0 Å². The van der Waals surface area contributed by atoms with Gasteiger partial charge in [0.05, 0.1) is 23.9 Å². The van der Waals surface area contributed by atoms with Gasteiger partial charge in [-0.15, -0.1) is 0 Å². The molecule has 1 aliphatic heterocycles. The lowest BCUT2D eigenvalue weighted by atomic mass is 9.93. The number of rotatable bonds is 3. The second-order valence-corrected chi connectivity index (χ2v) is 5.40. The van der Waals surface area contributed by atoms with Crippen molar-refractivity contribution in [1.82, 2.24) is 0 Å². The number of nitrogens with zero attached hydrogens (tertiary/aromatic N) is 1. The average molecular weight is 248 g/mol. The Bertz CT molecular complexity index is 469. The largest absolute Gasteiger partial charge is 0.469 e. The highest BCUT2D eigenvalue weighted by Gasteiger charge is 2.34. The zero-order valence-electron chi connectivity index (χ0n) is 11.2. The Labute approximate surface area is 108 Å². The van der Waals surface area contributed by atoms with Crippen LogP contribution in [0.4, 0.5) is 11.4 Å². The average Bonchev–Trinajstić information content (AvgIpc) is 2.72. The van der Waals surface area contributed by atoms with Gasteiger partial charge in [0.1, 0.15) is 0 Å². The first-order chi connectivity index (χ1) is 8.45. The molecule has 0 bridgehead atoms. The van der Waals surface area contributed by atoms with E-state index in [-0.39, 0.29) is 5.97 Å². The number of esters is 1. The summed E-state index contributed by atoms with van der Waals surface area (Å²) >= 11 is 0. The lowest BCUT2D eigenvalue weighted by molar-refractivity contribution is -0.150. The summed E-state index contributed by atoms with van der Waals surface area (Å²) in [7, 11) is 1.43. The normalized spacial score (nSPS) is 14.5. The second-order valence-electron chi connectivity index (χ2n) is 5.40. The molecule has 18 heavy (non-hydrogen) atoms. The van der Waals surface area contributed by atoms with Crippen molar-refractivity contribution >= 4 is 17.3 Å². The van der Waals surface area contributed by atoms with E-state index in [4.69, 9.17) is 10.5 Å². The molecule has 0 radical (unpaired) electrons. The van der Waals surface area contributed by atoms with Gasteiger partial charge in [-0.3, -0.25) is 4.79 Å². The van der Waals surface area contributed by atoms with Gasteiger partial charge in [0.2, 0.25) is 0 Å². The number of carbonyl (C=O) groups excluding carboxylic acids is 1. The standard InChI is InChI=1S/C14H20N2O2/c1-14(2,13(17)18-3)9-16-8-7-10-5-4-6-11(15)12(10)16/h4-6H,7-9,15H2,1-3H3. The maximum Gasteiger partial charge on any atom is 0.313 e. The van der Waals surface area contributed by atoms with E-state index in [1.165, 1.54) is 12.7 Å². The van der Waals surface area contributed by atoms with Crippen LogP contribution < -0.4 is 10.6 Å². The molecule has 0 spiro atoms. The van der Waals surface area contributed by atoms with Crippen molar-refractivity contribution in [2.45, 2.75) is 20.3 Å². The fourth-order valence-corrected chi connectivity index (χ4v) is 2.54. The van der Waals surface area contributed by atoms with E-state index < -0.39 is 5.41 Å². The van der Waals surface area contributed by atoms with Crippen LogP contribution in [-0.4, -0.2) is 26.2 Å². The zero-order chi connectivity index (χ0) is 13.3. The Hall–Kier alpha value is -1.71. The number of methoxy groups -OCH3 is 1. The highest BCUT2D eigenvalue weighted by Crippen LogP contribution is 2.35. The van der Waals surface area contributed by atoms with Crippen LogP contribution in [0.2, 0.25) is 0 Å². The number of hydrogen-bond donors (Lipinski definition) is 1. The summed E-state index contributed by atoms with van der Waals surface area (Å²) in [6, 6.07) is 5.97. The third kappa shape index (κ3) is 2.15. The van der Waals surface area contributed by atoms with Crippen LogP contribution >= 0.6 is 0 Å². The van der Waals surface area contributed by atoms with E-state index in [0.717, 1.165) is 24.3 Å². The molecular weight excluding hydrogens is 228 g/mol. The van der Waals surface area contributed by atoms with Crippen LogP contribution in [0, 0.1) is 5.41 Å². The van der Waals surface area contributed by atoms with Gasteiger partial charge < -0.3 is 15.4 Å². The van der Waals surface area contributed by atoms with Crippen molar-refractivity contribution in [2.75, 3.05) is 30.8 Å². The minimum atomic E-state index is -0.529. The zero-order valence-corrected chi connectivity index (χ0v) is 11.2. The molecule has 0 aromatic heterocycles. The molecule has 0 aliphatic carbocycles. The Kier molecular flexibility index (Phi) is 3.20. The van der Waals surface area contributed by atoms with Gasteiger partial charge >= 0.3 is 5.97 Å². The van der Waals surface area contributed by atoms with Crippen molar-refractivity contribution in [3.05, 3.63) is 23.8 Å². The minimum Gasteiger partial charge on any atom is -0.469 e. The Morgan fingerprint density at radius 3 is 2.89 bits per heavy atom. The molecule has 4 heteroatoms. The van der Waals surface area contributed by atoms with Crippen LogP contribution in [0.15, 0.2) is 18.2 Å². The molecule has 1 aliphatic rings. The molecule has 1 aromatic rings. The summed E-state index contributed by atoms with van der Waals surface area (Å²) in [5, 5.41) is 0. The molecule has 2 N–H and O–H groups in total. The van der Waals surface area contributed by atoms with Crippen molar-refractivity contribution in [3.63, 3.8) is 0 Å². The highest BCUT2D eigenvalue weighted by atomic mass is 16.5. The first-order valence-corrected chi connectivity index (χ1v) is 6.16. The number of carbonyl (C=O) groups is 1.